The van der Waals surface area contributed by atoms with Crippen LogP contribution in [0, 0.1) is 6.92 Å². The predicted molar refractivity (Wildman–Crippen MR) is 72.7 cm³/mol. The first-order valence-electron chi connectivity index (χ1n) is 4.96. The Balaban J connectivity index is 2.38. The van der Waals surface area contributed by atoms with Gasteiger partial charge in [0.15, 0.2) is 0 Å². The lowest BCUT2D eigenvalue weighted by atomic mass is 10.2. The zero-order valence-electron chi connectivity index (χ0n) is 9.01. The number of aryl methyl sites for hydroxylation is 1. The fourth-order valence-electron chi connectivity index (χ4n) is 1.38. The maximum absolute atomic E-state index is 6.06. The number of hydrogen-bond donors (Lipinski definition) is 0. The number of hydrogen-bond acceptors (Lipinski definition) is 1. The molecule has 0 N–H and O–H groups in total. The van der Waals surface area contributed by atoms with Crippen LogP contribution in [0.15, 0.2) is 36.4 Å². The van der Waals surface area contributed by atoms with E-state index in [0.29, 0.717) is 20.8 Å². The molecule has 4 heteroatoms. The van der Waals surface area contributed by atoms with Gasteiger partial charge in [-0.3, -0.25) is 0 Å². The Morgan fingerprint density at radius 2 is 1.53 bits per heavy atom. The molecule has 0 saturated carbocycles. The van der Waals surface area contributed by atoms with Crippen molar-refractivity contribution in [2.24, 2.45) is 0 Å². The lowest BCUT2D eigenvalue weighted by Crippen LogP contribution is -1.88. The Labute approximate surface area is 115 Å². The lowest BCUT2D eigenvalue weighted by Gasteiger charge is -2.11. The second-order valence-electron chi connectivity index (χ2n) is 3.54. The summed E-state index contributed by atoms with van der Waals surface area (Å²) < 4.78 is 5.70. The van der Waals surface area contributed by atoms with Gasteiger partial charge in [-0.2, -0.15) is 0 Å². The first-order valence-corrected chi connectivity index (χ1v) is 6.10. The van der Waals surface area contributed by atoms with E-state index < -0.39 is 0 Å². The van der Waals surface area contributed by atoms with Gasteiger partial charge in [0.05, 0.1) is 10.0 Å². The molecule has 0 atom stereocenters. The van der Waals surface area contributed by atoms with E-state index in [9.17, 15) is 0 Å². The van der Waals surface area contributed by atoms with Crippen molar-refractivity contribution < 1.29 is 4.74 Å². The highest BCUT2D eigenvalue weighted by molar-refractivity contribution is 6.48. The summed E-state index contributed by atoms with van der Waals surface area (Å²) in [5.41, 5.74) is 1.02. The Hall–Kier alpha value is -0.890. The summed E-state index contributed by atoms with van der Waals surface area (Å²) in [5, 5.41) is 1.04. The van der Waals surface area contributed by atoms with Crippen LogP contribution in [0.3, 0.4) is 0 Å². The monoisotopic (exact) mass is 286 g/mol. The number of para-hydroxylation sites is 1. The van der Waals surface area contributed by atoms with Gasteiger partial charge in [0.25, 0.3) is 0 Å². The molecule has 0 fully saturated rings. The standard InChI is InChI=1S/C13H9Cl3O/c1-8-4-2-3-5-10(8)17-11-7-6-9(14)12(15)13(11)16/h2-7H,1H3. The van der Waals surface area contributed by atoms with E-state index in [1.54, 1.807) is 12.1 Å². The van der Waals surface area contributed by atoms with Crippen molar-refractivity contribution in [2.75, 3.05) is 0 Å². The van der Waals surface area contributed by atoms with Gasteiger partial charge in [0, 0.05) is 0 Å². The molecule has 88 valence electrons. The van der Waals surface area contributed by atoms with E-state index in [1.165, 1.54) is 0 Å². The minimum Gasteiger partial charge on any atom is -0.455 e. The third kappa shape index (κ3) is 2.68. The van der Waals surface area contributed by atoms with Crippen LogP contribution >= 0.6 is 34.8 Å². The normalized spacial score (nSPS) is 10.4. The van der Waals surface area contributed by atoms with Crippen molar-refractivity contribution >= 4 is 34.8 Å². The zero-order chi connectivity index (χ0) is 12.4. The fraction of sp³-hybridized carbons (Fsp3) is 0.0769. The smallest absolute Gasteiger partial charge is 0.147 e. The highest BCUT2D eigenvalue weighted by Crippen LogP contribution is 2.39. The molecule has 0 saturated heterocycles. The average Bonchev–Trinajstić information content (AvgIpc) is 2.32. The van der Waals surface area contributed by atoms with E-state index in [2.05, 4.69) is 0 Å². The van der Waals surface area contributed by atoms with E-state index in [4.69, 9.17) is 39.5 Å². The van der Waals surface area contributed by atoms with Crippen LogP contribution in [-0.4, -0.2) is 0 Å². The van der Waals surface area contributed by atoms with Crippen molar-refractivity contribution in [1.29, 1.82) is 0 Å². The minimum absolute atomic E-state index is 0.305. The molecule has 0 spiro atoms. The molecule has 2 rings (SSSR count). The van der Waals surface area contributed by atoms with E-state index in [0.717, 1.165) is 11.3 Å². The van der Waals surface area contributed by atoms with Crippen LogP contribution in [-0.2, 0) is 0 Å². The van der Waals surface area contributed by atoms with Crippen molar-refractivity contribution in [3.05, 3.63) is 57.0 Å². The van der Waals surface area contributed by atoms with Gasteiger partial charge in [-0.05, 0) is 30.7 Å². The molecule has 0 aliphatic heterocycles. The van der Waals surface area contributed by atoms with Gasteiger partial charge in [-0.15, -0.1) is 0 Å². The van der Waals surface area contributed by atoms with Crippen LogP contribution in [0.25, 0.3) is 0 Å². The van der Waals surface area contributed by atoms with Crippen molar-refractivity contribution in [2.45, 2.75) is 6.92 Å². The van der Waals surface area contributed by atoms with Crippen molar-refractivity contribution in [3.8, 4) is 11.5 Å². The summed E-state index contributed by atoms with van der Waals surface area (Å²) in [6, 6.07) is 11.0. The lowest BCUT2D eigenvalue weighted by molar-refractivity contribution is 0.479. The largest absolute Gasteiger partial charge is 0.455 e. The van der Waals surface area contributed by atoms with Crippen LogP contribution in [0.4, 0.5) is 0 Å². The summed E-state index contributed by atoms with van der Waals surface area (Å²) in [6.07, 6.45) is 0. The molecular formula is C13H9Cl3O. The van der Waals surface area contributed by atoms with Crippen molar-refractivity contribution in [1.82, 2.24) is 0 Å². The predicted octanol–water partition coefficient (Wildman–Crippen LogP) is 5.75. The number of halogens is 3. The zero-order valence-corrected chi connectivity index (χ0v) is 11.3. The van der Waals surface area contributed by atoms with Gasteiger partial charge in [-0.25, -0.2) is 0 Å². The summed E-state index contributed by atoms with van der Waals surface area (Å²) >= 11 is 17.9. The Morgan fingerprint density at radius 3 is 2.24 bits per heavy atom. The number of rotatable bonds is 2. The van der Waals surface area contributed by atoms with Crippen molar-refractivity contribution in [3.63, 3.8) is 0 Å². The van der Waals surface area contributed by atoms with Crippen LogP contribution in [0.5, 0.6) is 11.5 Å². The maximum Gasteiger partial charge on any atom is 0.147 e. The third-order valence-electron chi connectivity index (χ3n) is 2.31. The molecule has 0 unspecified atom stereocenters. The van der Waals surface area contributed by atoms with Gasteiger partial charge < -0.3 is 4.74 Å². The Bertz CT molecular complexity index is 552. The van der Waals surface area contributed by atoms with Crippen LogP contribution < -0.4 is 4.74 Å². The molecule has 1 nitrogen and oxygen atoms in total. The summed E-state index contributed by atoms with van der Waals surface area (Å²) in [5.74, 6) is 1.24. The molecule has 0 amide bonds. The van der Waals surface area contributed by atoms with Crippen LogP contribution in [0.1, 0.15) is 5.56 Å². The second-order valence-corrected chi connectivity index (χ2v) is 4.70. The molecule has 0 aliphatic carbocycles. The molecule has 0 bridgehead atoms. The first kappa shape index (κ1) is 12.6. The average molecular weight is 288 g/mol. The topological polar surface area (TPSA) is 9.23 Å². The summed E-state index contributed by atoms with van der Waals surface area (Å²) in [4.78, 5) is 0. The molecule has 0 aliphatic rings. The first-order chi connectivity index (χ1) is 8.09. The van der Waals surface area contributed by atoms with Crippen LogP contribution in [0.2, 0.25) is 15.1 Å². The van der Waals surface area contributed by atoms with Gasteiger partial charge >= 0.3 is 0 Å². The number of ether oxygens (including phenoxy) is 1. The SMILES string of the molecule is Cc1ccccc1Oc1ccc(Cl)c(Cl)c1Cl. The minimum atomic E-state index is 0.305. The number of benzene rings is 2. The van der Waals surface area contributed by atoms with Gasteiger partial charge in [0.2, 0.25) is 0 Å². The second kappa shape index (κ2) is 5.18. The van der Waals surface area contributed by atoms with E-state index in [1.807, 2.05) is 31.2 Å². The third-order valence-corrected chi connectivity index (χ3v) is 3.59. The molecule has 17 heavy (non-hydrogen) atoms. The maximum atomic E-state index is 6.06. The highest BCUT2D eigenvalue weighted by atomic mass is 35.5. The summed E-state index contributed by atoms with van der Waals surface area (Å²) in [7, 11) is 0. The van der Waals surface area contributed by atoms with Gasteiger partial charge in [-0.1, -0.05) is 53.0 Å². The molecule has 0 heterocycles. The quantitative estimate of drug-likeness (QED) is 0.639. The molecule has 0 radical (unpaired) electrons. The van der Waals surface area contributed by atoms with E-state index in [-0.39, 0.29) is 0 Å². The van der Waals surface area contributed by atoms with Gasteiger partial charge in [0.1, 0.15) is 16.5 Å². The molecule has 0 aromatic heterocycles. The Kier molecular flexibility index (Phi) is 3.82. The molecule has 2 aromatic rings. The Morgan fingerprint density at radius 1 is 0.824 bits per heavy atom. The fourth-order valence-corrected chi connectivity index (χ4v) is 1.94. The molecular weight excluding hydrogens is 279 g/mol. The molecule has 2 aromatic carbocycles. The highest BCUT2D eigenvalue weighted by Gasteiger charge is 2.11. The van der Waals surface area contributed by atoms with E-state index >= 15 is 0 Å². The summed E-state index contributed by atoms with van der Waals surface area (Å²) in [6.45, 7) is 1.96.